The monoisotopic (exact) mass is 281 g/mol. The van der Waals surface area contributed by atoms with Crippen LogP contribution in [0.3, 0.4) is 0 Å². The first-order valence-corrected chi connectivity index (χ1v) is 6.62. The molecule has 0 bridgehead atoms. The molecule has 1 aliphatic rings. The van der Waals surface area contributed by atoms with Gasteiger partial charge >= 0.3 is 5.76 Å². The third-order valence-corrected chi connectivity index (χ3v) is 4.28. The van der Waals surface area contributed by atoms with Crippen LogP contribution in [0.5, 0.6) is 0 Å². The Morgan fingerprint density at radius 1 is 1.44 bits per heavy atom. The van der Waals surface area contributed by atoms with Gasteiger partial charge in [-0.3, -0.25) is 10.3 Å². The largest absolute Gasteiger partial charge is 0.341 e. The molecule has 0 saturated heterocycles. The van der Waals surface area contributed by atoms with Gasteiger partial charge in [0, 0.05) is 11.5 Å². The van der Waals surface area contributed by atoms with Crippen LogP contribution in [-0.4, -0.2) is 25.9 Å². The number of fused-ring (bicyclic) bond motifs is 1. The number of nitrogens with zero attached hydrogens (tertiary/aromatic N) is 1. The van der Waals surface area contributed by atoms with Crippen LogP contribution >= 0.6 is 0 Å². The molecular weight excluding hydrogens is 271 g/mol. The summed E-state index contributed by atoms with van der Waals surface area (Å²) >= 11 is 0. The summed E-state index contributed by atoms with van der Waals surface area (Å²) in [5.41, 5.74) is -0.443. The Morgan fingerprint density at radius 3 is 2.61 bits per heavy atom. The SMILES string of the molecule is CC1CN(O)c2c(S(=O)(=O)C(F)F)ccc(F)c21. The number of alkyl halides is 2. The molecule has 1 aromatic rings. The molecule has 0 saturated carbocycles. The van der Waals surface area contributed by atoms with Gasteiger partial charge in [-0.15, -0.1) is 0 Å². The predicted octanol–water partition coefficient (Wildman–Crippen LogP) is 2.13. The molecule has 0 aliphatic carbocycles. The summed E-state index contributed by atoms with van der Waals surface area (Å²) in [4.78, 5) is -0.749. The van der Waals surface area contributed by atoms with E-state index < -0.39 is 32.2 Å². The van der Waals surface area contributed by atoms with Crippen LogP contribution in [0.2, 0.25) is 0 Å². The van der Waals surface area contributed by atoms with Gasteiger partial charge in [-0.1, -0.05) is 6.92 Å². The predicted molar refractivity (Wildman–Crippen MR) is 57.1 cm³/mol. The van der Waals surface area contributed by atoms with E-state index >= 15 is 0 Å². The van der Waals surface area contributed by atoms with E-state index in [1.54, 1.807) is 6.92 Å². The van der Waals surface area contributed by atoms with E-state index in [-0.39, 0.29) is 17.8 Å². The van der Waals surface area contributed by atoms with E-state index in [9.17, 15) is 26.8 Å². The maximum absolute atomic E-state index is 13.6. The van der Waals surface area contributed by atoms with Gasteiger partial charge < -0.3 is 0 Å². The molecule has 1 N–H and O–H groups in total. The van der Waals surface area contributed by atoms with Crippen molar-refractivity contribution in [3.8, 4) is 0 Å². The molecule has 8 heteroatoms. The lowest BCUT2D eigenvalue weighted by Gasteiger charge is -2.15. The lowest BCUT2D eigenvalue weighted by molar-refractivity contribution is 0.234. The summed E-state index contributed by atoms with van der Waals surface area (Å²) in [6, 6.07) is 1.57. The van der Waals surface area contributed by atoms with Crippen molar-refractivity contribution in [2.45, 2.75) is 23.5 Å². The van der Waals surface area contributed by atoms with Crippen LogP contribution in [0, 0.1) is 5.82 Å². The second kappa shape index (κ2) is 4.13. The Labute approximate surface area is 102 Å². The highest BCUT2D eigenvalue weighted by Crippen LogP contribution is 2.42. The summed E-state index contributed by atoms with van der Waals surface area (Å²) in [5.74, 6) is -4.81. The summed E-state index contributed by atoms with van der Waals surface area (Å²) in [7, 11) is -4.88. The molecule has 1 aromatic carbocycles. The van der Waals surface area contributed by atoms with Gasteiger partial charge in [0.15, 0.2) is 0 Å². The van der Waals surface area contributed by atoms with E-state index in [0.29, 0.717) is 5.06 Å². The van der Waals surface area contributed by atoms with Gasteiger partial charge in [-0.25, -0.2) is 12.8 Å². The van der Waals surface area contributed by atoms with Crippen molar-refractivity contribution in [3.05, 3.63) is 23.5 Å². The van der Waals surface area contributed by atoms with Crippen molar-refractivity contribution >= 4 is 15.5 Å². The maximum atomic E-state index is 13.6. The average molecular weight is 281 g/mol. The molecule has 18 heavy (non-hydrogen) atoms. The number of benzene rings is 1. The van der Waals surface area contributed by atoms with Crippen LogP contribution < -0.4 is 5.06 Å². The van der Waals surface area contributed by atoms with Crippen LogP contribution in [0.1, 0.15) is 18.4 Å². The van der Waals surface area contributed by atoms with Crippen molar-refractivity contribution in [1.82, 2.24) is 0 Å². The van der Waals surface area contributed by atoms with E-state index in [1.807, 2.05) is 0 Å². The molecule has 0 fully saturated rings. The molecule has 1 aliphatic heterocycles. The van der Waals surface area contributed by atoms with E-state index in [2.05, 4.69) is 0 Å². The van der Waals surface area contributed by atoms with Gasteiger partial charge in [0.25, 0.3) is 0 Å². The zero-order chi connectivity index (χ0) is 13.7. The third kappa shape index (κ3) is 1.76. The Morgan fingerprint density at radius 2 is 2.06 bits per heavy atom. The number of hydroxylamine groups is 1. The van der Waals surface area contributed by atoms with Crippen molar-refractivity contribution in [2.24, 2.45) is 0 Å². The average Bonchev–Trinajstić information content (AvgIpc) is 2.55. The molecule has 0 radical (unpaired) electrons. The highest BCUT2D eigenvalue weighted by atomic mass is 32.2. The first kappa shape index (κ1) is 13.2. The first-order valence-electron chi connectivity index (χ1n) is 5.07. The fourth-order valence-electron chi connectivity index (χ4n) is 2.07. The van der Waals surface area contributed by atoms with Crippen molar-refractivity contribution in [2.75, 3.05) is 11.6 Å². The smallest absolute Gasteiger partial charge is 0.288 e. The fraction of sp³-hybridized carbons (Fsp3) is 0.400. The Hall–Kier alpha value is -1.28. The molecule has 100 valence electrons. The lowest BCUT2D eigenvalue weighted by atomic mass is 10.0. The van der Waals surface area contributed by atoms with Crippen LogP contribution in [-0.2, 0) is 9.84 Å². The van der Waals surface area contributed by atoms with Gasteiger partial charge in [-0.2, -0.15) is 8.78 Å². The lowest BCUT2D eigenvalue weighted by Crippen LogP contribution is -2.20. The van der Waals surface area contributed by atoms with Gasteiger partial charge in [-0.05, 0) is 12.1 Å². The molecule has 1 heterocycles. The standard InChI is InChI=1S/C10H10F3NO3S/c1-5-4-14(15)9-7(18(16,17)10(12)13)3-2-6(11)8(5)9/h2-3,5,10,15H,4H2,1H3. The number of hydrogen-bond donors (Lipinski definition) is 1. The highest BCUT2D eigenvalue weighted by Gasteiger charge is 2.37. The minimum absolute atomic E-state index is 0.0397. The number of hydrogen-bond acceptors (Lipinski definition) is 4. The van der Waals surface area contributed by atoms with Crippen molar-refractivity contribution in [1.29, 1.82) is 0 Å². The minimum atomic E-state index is -4.88. The zero-order valence-electron chi connectivity index (χ0n) is 9.27. The zero-order valence-corrected chi connectivity index (χ0v) is 10.1. The molecular formula is C10H10F3NO3S. The van der Waals surface area contributed by atoms with Crippen molar-refractivity contribution < 1.29 is 26.8 Å². The quantitative estimate of drug-likeness (QED) is 0.844. The Balaban J connectivity index is 2.74. The topological polar surface area (TPSA) is 57.6 Å². The summed E-state index contributed by atoms with van der Waals surface area (Å²) in [5, 5.41) is 10.1. The summed E-state index contributed by atoms with van der Waals surface area (Å²) < 4.78 is 61.5. The molecule has 1 atom stereocenters. The van der Waals surface area contributed by atoms with Gasteiger partial charge in [0.05, 0.1) is 17.1 Å². The van der Waals surface area contributed by atoms with Crippen molar-refractivity contribution in [3.63, 3.8) is 0 Å². The second-order valence-corrected chi connectivity index (χ2v) is 5.98. The highest BCUT2D eigenvalue weighted by molar-refractivity contribution is 7.91. The van der Waals surface area contributed by atoms with E-state index in [1.165, 1.54) is 0 Å². The van der Waals surface area contributed by atoms with Gasteiger partial charge in [0.2, 0.25) is 9.84 Å². The normalized spacial score (nSPS) is 19.4. The van der Waals surface area contributed by atoms with E-state index in [0.717, 1.165) is 12.1 Å². The number of rotatable bonds is 2. The second-order valence-electron chi connectivity index (χ2n) is 4.10. The molecule has 0 spiro atoms. The molecule has 0 aromatic heterocycles. The van der Waals surface area contributed by atoms with Crippen LogP contribution in [0.4, 0.5) is 18.9 Å². The molecule has 0 amide bonds. The minimum Gasteiger partial charge on any atom is -0.288 e. The molecule has 2 rings (SSSR count). The first-order chi connectivity index (χ1) is 8.26. The molecule has 4 nitrogen and oxygen atoms in total. The van der Waals surface area contributed by atoms with Crippen LogP contribution in [0.15, 0.2) is 17.0 Å². The summed E-state index contributed by atoms with van der Waals surface area (Å²) in [6.07, 6.45) is 0. The number of halogens is 3. The molecule has 1 unspecified atom stereocenters. The number of anilines is 1. The van der Waals surface area contributed by atoms with E-state index in [4.69, 9.17) is 0 Å². The summed E-state index contributed by atoms with van der Waals surface area (Å²) in [6.45, 7) is 1.53. The van der Waals surface area contributed by atoms with Gasteiger partial charge in [0.1, 0.15) is 5.82 Å². The van der Waals surface area contributed by atoms with Crippen LogP contribution in [0.25, 0.3) is 0 Å². The fourth-order valence-corrected chi connectivity index (χ4v) is 3.00. The Bertz CT molecular complexity index is 588. The number of sulfone groups is 1. The Kier molecular flexibility index (Phi) is 3.02. The maximum Gasteiger partial charge on any atom is 0.341 e. The third-order valence-electron chi connectivity index (χ3n) is 2.87.